The number of hydrogen-bond donors (Lipinski definition) is 1. The van der Waals surface area contributed by atoms with E-state index in [1.54, 1.807) is 0 Å². The molecule has 0 aromatic carbocycles. The lowest BCUT2D eigenvalue weighted by molar-refractivity contribution is -0.149. The highest BCUT2D eigenvalue weighted by Crippen LogP contribution is 2.01. The number of carbonyl (C=O) groups excluding carboxylic acids is 2. The highest BCUT2D eigenvalue weighted by Gasteiger charge is 2.21. The van der Waals surface area contributed by atoms with Gasteiger partial charge in [0.2, 0.25) is 0 Å². The van der Waals surface area contributed by atoms with Crippen molar-refractivity contribution in [2.24, 2.45) is 0 Å². The molecule has 0 aliphatic heterocycles. The molecule has 74 valence electrons. The summed E-state index contributed by atoms with van der Waals surface area (Å²) in [7, 11) is 1.31. The molecule has 13 heavy (non-hydrogen) atoms. The maximum atomic E-state index is 11.1. The first kappa shape index (κ1) is 11.8. The minimum Gasteiger partial charge on any atom is -0.411 e. The van der Waals surface area contributed by atoms with Crippen LogP contribution < -0.4 is 0 Å². The third kappa shape index (κ3) is 5.08. The van der Waals surface area contributed by atoms with Crippen LogP contribution in [0, 0.1) is 5.41 Å². The van der Waals surface area contributed by atoms with Crippen molar-refractivity contribution >= 4 is 17.7 Å². The van der Waals surface area contributed by atoms with Crippen molar-refractivity contribution < 1.29 is 19.1 Å². The predicted octanol–water partition coefficient (Wildman–Crippen LogP) is 0.521. The van der Waals surface area contributed by atoms with E-state index >= 15 is 0 Å². The van der Waals surface area contributed by atoms with Crippen LogP contribution in [0.1, 0.15) is 20.3 Å². The van der Waals surface area contributed by atoms with Crippen molar-refractivity contribution in [1.82, 2.24) is 0 Å². The van der Waals surface area contributed by atoms with Crippen LogP contribution in [-0.2, 0) is 19.1 Å². The molecule has 5 nitrogen and oxygen atoms in total. The normalized spacial score (nSPS) is 11.9. The number of methoxy groups -OCH3 is 1. The van der Waals surface area contributed by atoms with Crippen molar-refractivity contribution in [2.45, 2.75) is 26.4 Å². The number of ketones is 1. The summed E-state index contributed by atoms with van der Waals surface area (Å²) in [6.07, 6.45) is -0.930. The molecule has 1 N–H and O–H groups in total. The van der Waals surface area contributed by atoms with Gasteiger partial charge in [0.1, 0.15) is 5.78 Å². The van der Waals surface area contributed by atoms with Gasteiger partial charge in [-0.3, -0.25) is 10.2 Å². The van der Waals surface area contributed by atoms with Gasteiger partial charge in [0, 0.05) is 20.5 Å². The zero-order valence-corrected chi connectivity index (χ0v) is 7.92. The molecule has 0 radical (unpaired) electrons. The van der Waals surface area contributed by atoms with Crippen molar-refractivity contribution in [2.75, 3.05) is 7.11 Å². The van der Waals surface area contributed by atoms with E-state index in [0.29, 0.717) is 0 Å². The molecule has 0 aliphatic rings. The van der Waals surface area contributed by atoms with Gasteiger partial charge in [-0.15, -0.1) is 0 Å². The van der Waals surface area contributed by atoms with Crippen molar-refractivity contribution in [1.29, 1.82) is 5.41 Å². The first-order valence-corrected chi connectivity index (χ1v) is 3.76. The molecule has 0 saturated heterocycles. The minimum atomic E-state index is -0.905. The Labute approximate surface area is 76.5 Å². The average molecular weight is 187 g/mol. The molecular weight excluding hydrogens is 174 g/mol. The lowest BCUT2D eigenvalue weighted by atomic mass is 10.2. The maximum absolute atomic E-state index is 11.1. The zero-order valence-electron chi connectivity index (χ0n) is 7.92. The van der Waals surface area contributed by atoms with E-state index in [0.717, 1.165) is 0 Å². The molecule has 1 atom stereocenters. The summed E-state index contributed by atoms with van der Waals surface area (Å²) in [6.45, 7) is 2.69. The molecule has 0 fully saturated rings. The summed E-state index contributed by atoms with van der Waals surface area (Å²) >= 11 is 0. The van der Waals surface area contributed by atoms with Gasteiger partial charge >= 0.3 is 5.97 Å². The van der Waals surface area contributed by atoms with E-state index in [1.165, 1.54) is 21.0 Å². The SMILES string of the molecule is COC(CC(C)=O)C(=O)OC(C)=N. The molecule has 0 aliphatic carbocycles. The fourth-order valence-electron chi connectivity index (χ4n) is 0.741. The Hall–Kier alpha value is -1.23. The Morgan fingerprint density at radius 1 is 1.38 bits per heavy atom. The number of carbonyl (C=O) groups is 2. The molecule has 0 bridgehead atoms. The lowest BCUT2D eigenvalue weighted by Crippen LogP contribution is -2.28. The van der Waals surface area contributed by atoms with Gasteiger partial charge in [-0.2, -0.15) is 0 Å². The summed E-state index contributed by atoms with van der Waals surface area (Å²) < 4.78 is 9.20. The molecule has 0 rings (SSSR count). The highest BCUT2D eigenvalue weighted by molar-refractivity contribution is 5.91. The first-order valence-electron chi connectivity index (χ1n) is 3.76. The van der Waals surface area contributed by atoms with Gasteiger partial charge in [0.25, 0.3) is 0 Å². The largest absolute Gasteiger partial charge is 0.411 e. The summed E-state index contributed by atoms with van der Waals surface area (Å²) in [5, 5.41) is 6.89. The van der Waals surface area contributed by atoms with Crippen LogP contribution in [0.4, 0.5) is 0 Å². The Balaban J connectivity index is 4.15. The standard InChI is InChI=1S/C8H13NO4/c1-5(10)4-7(12-3)8(11)13-6(2)9/h7,9H,4H2,1-3H3. The van der Waals surface area contributed by atoms with Crippen LogP contribution in [-0.4, -0.2) is 30.9 Å². The molecule has 0 spiro atoms. The highest BCUT2D eigenvalue weighted by atomic mass is 16.6. The van der Waals surface area contributed by atoms with Gasteiger partial charge < -0.3 is 9.47 Å². The summed E-state index contributed by atoms with van der Waals surface area (Å²) in [5.74, 6) is -1.08. The fraction of sp³-hybridized carbons (Fsp3) is 0.625. The minimum absolute atomic E-state index is 0.0252. The van der Waals surface area contributed by atoms with Gasteiger partial charge in [0.05, 0.1) is 0 Å². The quantitative estimate of drug-likeness (QED) is 0.395. The number of rotatable bonds is 4. The molecule has 0 heterocycles. The summed E-state index contributed by atoms with van der Waals surface area (Å²) in [4.78, 5) is 21.7. The van der Waals surface area contributed by atoms with Crippen molar-refractivity contribution in [3.63, 3.8) is 0 Å². The average Bonchev–Trinajstić information content (AvgIpc) is 1.98. The van der Waals surface area contributed by atoms with Crippen molar-refractivity contribution in [3.8, 4) is 0 Å². The number of nitrogens with one attached hydrogen (secondary N) is 1. The third-order valence-electron chi connectivity index (χ3n) is 1.27. The Morgan fingerprint density at radius 3 is 2.23 bits per heavy atom. The number of ether oxygens (including phenoxy) is 2. The van der Waals surface area contributed by atoms with E-state index in [4.69, 9.17) is 10.1 Å². The molecule has 1 unspecified atom stereocenters. The van der Waals surface area contributed by atoms with Crippen LogP contribution in [0.3, 0.4) is 0 Å². The van der Waals surface area contributed by atoms with Gasteiger partial charge in [-0.25, -0.2) is 4.79 Å². The predicted molar refractivity (Wildman–Crippen MR) is 45.6 cm³/mol. The van der Waals surface area contributed by atoms with Crippen LogP contribution in [0.25, 0.3) is 0 Å². The first-order chi connectivity index (χ1) is 5.97. The second kappa shape index (κ2) is 5.42. The second-order valence-corrected chi connectivity index (χ2v) is 2.61. The van der Waals surface area contributed by atoms with Crippen LogP contribution >= 0.6 is 0 Å². The molecule has 0 saturated carbocycles. The third-order valence-corrected chi connectivity index (χ3v) is 1.27. The van der Waals surface area contributed by atoms with Gasteiger partial charge in [-0.05, 0) is 6.92 Å². The Morgan fingerprint density at radius 2 is 1.92 bits per heavy atom. The van der Waals surface area contributed by atoms with Crippen LogP contribution in [0.2, 0.25) is 0 Å². The monoisotopic (exact) mass is 187 g/mol. The number of esters is 1. The van der Waals surface area contributed by atoms with Gasteiger partial charge in [-0.1, -0.05) is 0 Å². The molecule has 5 heteroatoms. The van der Waals surface area contributed by atoms with Crippen LogP contribution in [0.15, 0.2) is 0 Å². The Kier molecular flexibility index (Phi) is 4.91. The molecule has 0 aromatic rings. The summed E-state index contributed by atoms with van der Waals surface area (Å²) in [5.41, 5.74) is 0. The maximum Gasteiger partial charge on any atom is 0.342 e. The van der Waals surface area contributed by atoms with E-state index in [9.17, 15) is 9.59 Å². The smallest absolute Gasteiger partial charge is 0.342 e. The lowest BCUT2D eigenvalue weighted by Gasteiger charge is -2.11. The van der Waals surface area contributed by atoms with E-state index in [1.807, 2.05) is 0 Å². The van der Waals surface area contributed by atoms with Gasteiger partial charge in [0.15, 0.2) is 12.0 Å². The number of Topliss-reactive ketones (excluding diaryl/α,β-unsaturated/α-hetero) is 1. The fourth-order valence-corrected chi connectivity index (χ4v) is 0.741. The van der Waals surface area contributed by atoms with E-state index < -0.39 is 12.1 Å². The molecule has 0 aromatic heterocycles. The van der Waals surface area contributed by atoms with E-state index in [-0.39, 0.29) is 18.1 Å². The summed E-state index contributed by atoms with van der Waals surface area (Å²) in [6, 6.07) is 0. The van der Waals surface area contributed by atoms with Crippen molar-refractivity contribution in [3.05, 3.63) is 0 Å². The van der Waals surface area contributed by atoms with Crippen LogP contribution in [0.5, 0.6) is 0 Å². The topological polar surface area (TPSA) is 76.5 Å². The Bertz CT molecular complexity index is 224. The zero-order chi connectivity index (χ0) is 10.4. The second-order valence-electron chi connectivity index (χ2n) is 2.61. The molecule has 0 amide bonds. The molecular formula is C8H13NO4. The van der Waals surface area contributed by atoms with E-state index in [2.05, 4.69) is 4.74 Å². The number of hydrogen-bond acceptors (Lipinski definition) is 5.